The van der Waals surface area contributed by atoms with Crippen molar-refractivity contribution in [2.45, 2.75) is 0 Å². The third kappa shape index (κ3) is 2.84. The van der Waals surface area contributed by atoms with Crippen LogP contribution in [0.2, 0.25) is 0 Å². The van der Waals surface area contributed by atoms with Crippen LogP contribution in [0.25, 0.3) is 75.3 Å². The molecule has 0 bridgehead atoms. The molecule has 4 heterocycles. The van der Waals surface area contributed by atoms with Gasteiger partial charge >= 0.3 is 0 Å². The van der Waals surface area contributed by atoms with Crippen LogP contribution in [0.5, 0.6) is 0 Å². The standard InChI is InChI=1S/C35H21N3S/c1-2-10-22(11-3-1)37-29-15-7-6-14-25(29)27-21-33-28(20-32(27)37)26-18-19-36-35(34(26)39-33)38-30-16-8-4-12-23(30)24-13-5-9-17-31(24)38/h1-21H. The Morgan fingerprint density at radius 3 is 1.74 bits per heavy atom. The smallest absolute Gasteiger partial charge is 0.155 e. The minimum absolute atomic E-state index is 0.992. The third-order valence-electron chi connectivity index (χ3n) is 7.97. The molecule has 5 aromatic carbocycles. The summed E-state index contributed by atoms with van der Waals surface area (Å²) < 4.78 is 7.22. The van der Waals surface area contributed by atoms with Crippen LogP contribution in [0.15, 0.2) is 128 Å². The molecule has 0 aliphatic carbocycles. The van der Waals surface area contributed by atoms with Gasteiger partial charge in [-0.25, -0.2) is 4.98 Å². The summed E-state index contributed by atoms with van der Waals surface area (Å²) in [6.07, 6.45) is 1.96. The number of hydrogen-bond acceptors (Lipinski definition) is 2. The van der Waals surface area contributed by atoms with Crippen molar-refractivity contribution in [2.75, 3.05) is 0 Å². The summed E-state index contributed by atoms with van der Waals surface area (Å²) in [5, 5.41) is 7.57. The molecule has 0 unspecified atom stereocenters. The van der Waals surface area contributed by atoms with E-state index in [1.165, 1.54) is 69.5 Å². The van der Waals surface area contributed by atoms with E-state index in [1.54, 1.807) is 0 Å². The van der Waals surface area contributed by atoms with Crippen LogP contribution >= 0.6 is 11.3 Å². The largest absolute Gasteiger partial charge is 0.309 e. The molecular weight excluding hydrogens is 494 g/mol. The Bertz CT molecular complexity index is 2340. The molecule has 4 aromatic heterocycles. The number of benzene rings is 5. The van der Waals surface area contributed by atoms with Gasteiger partial charge in [0.1, 0.15) is 0 Å². The van der Waals surface area contributed by atoms with Crippen LogP contribution in [-0.2, 0) is 0 Å². The summed E-state index contributed by atoms with van der Waals surface area (Å²) in [4.78, 5) is 4.99. The SMILES string of the molecule is c1ccc(-n2c3ccccc3c3cc4sc5c(-n6c7ccccc7c7ccccc76)nccc5c4cc32)cc1. The number of pyridine rings is 1. The molecule has 0 atom stereocenters. The average Bonchev–Trinajstić information content (AvgIpc) is 3.64. The summed E-state index contributed by atoms with van der Waals surface area (Å²) in [7, 11) is 0. The highest BCUT2D eigenvalue weighted by atomic mass is 32.1. The molecule has 0 saturated carbocycles. The number of para-hydroxylation sites is 4. The van der Waals surface area contributed by atoms with Crippen molar-refractivity contribution in [2.24, 2.45) is 0 Å². The molecule has 0 fully saturated rings. The molecule has 3 nitrogen and oxygen atoms in total. The van der Waals surface area contributed by atoms with Gasteiger partial charge in [0.15, 0.2) is 5.82 Å². The lowest BCUT2D eigenvalue weighted by Gasteiger charge is -2.08. The van der Waals surface area contributed by atoms with Crippen molar-refractivity contribution in [3.63, 3.8) is 0 Å². The topological polar surface area (TPSA) is 22.8 Å². The maximum absolute atomic E-state index is 4.99. The Hall–Kier alpha value is -4.93. The first-order valence-electron chi connectivity index (χ1n) is 13.2. The summed E-state index contributed by atoms with van der Waals surface area (Å²) in [6, 6.07) is 43.6. The molecule has 0 radical (unpaired) electrons. The van der Waals surface area contributed by atoms with Gasteiger partial charge in [0.2, 0.25) is 0 Å². The van der Waals surface area contributed by atoms with Gasteiger partial charge in [-0.1, -0.05) is 72.8 Å². The molecule has 9 aromatic rings. The molecule has 0 amide bonds. The highest BCUT2D eigenvalue weighted by Gasteiger charge is 2.19. The number of thiophene rings is 1. The number of aromatic nitrogens is 3. The van der Waals surface area contributed by atoms with E-state index >= 15 is 0 Å². The Morgan fingerprint density at radius 2 is 1.05 bits per heavy atom. The molecule has 9 rings (SSSR count). The van der Waals surface area contributed by atoms with E-state index in [0.717, 1.165) is 5.82 Å². The van der Waals surface area contributed by atoms with E-state index in [-0.39, 0.29) is 0 Å². The van der Waals surface area contributed by atoms with Gasteiger partial charge in [0.05, 0.1) is 26.8 Å². The molecule has 0 N–H and O–H groups in total. The zero-order valence-electron chi connectivity index (χ0n) is 20.9. The predicted octanol–water partition coefficient (Wildman–Crippen LogP) is 9.64. The fourth-order valence-electron chi connectivity index (χ4n) is 6.32. The average molecular weight is 516 g/mol. The van der Waals surface area contributed by atoms with Gasteiger partial charge in [-0.2, -0.15) is 0 Å². The lowest BCUT2D eigenvalue weighted by molar-refractivity contribution is 1.11. The highest BCUT2D eigenvalue weighted by molar-refractivity contribution is 7.26. The first-order valence-corrected chi connectivity index (χ1v) is 14.0. The van der Waals surface area contributed by atoms with Gasteiger partial charge in [0, 0.05) is 48.9 Å². The lowest BCUT2D eigenvalue weighted by Crippen LogP contribution is -1.96. The zero-order valence-corrected chi connectivity index (χ0v) is 21.7. The fourth-order valence-corrected chi connectivity index (χ4v) is 7.51. The second-order valence-corrected chi connectivity index (χ2v) is 11.1. The lowest BCUT2D eigenvalue weighted by atomic mass is 10.1. The minimum atomic E-state index is 0.992. The van der Waals surface area contributed by atoms with Crippen molar-refractivity contribution >= 4 is 75.1 Å². The Labute approximate surface area is 227 Å². The monoisotopic (exact) mass is 515 g/mol. The van der Waals surface area contributed by atoms with E-state index in [1.807, 2.05) is 17.5 Å². The Morgan fingerprint density at radius 1 is 0.462 bits per heavy atom. The van der Waals surface area contributed by atoms with Crippen molar-refractivity contribution in [3.05, 3.63) is 128 Å². The Balaban J connectivity index is 1.41. The van der Waals surface area contributed by atoms with Crippen LogP contribution < -0.4 is 0 Å². The van der Waals surface area contributed by atoms with Crippen molar-refractivity contribution in [1.82, 2.24) is 14.1 Å². The Kier molecular flexibility index (Phi) is 4.21. The zero-order chi connectivity index (χ0) is 25.5. The maximum atomic E-state index is 4.99. The first-order chi connectivity index (χ1) is 19.4. The van der Waals surface area contributed by atoms with Crippen molar-refractivity contribution in [1.29, 1.82) is 0 Å². The van der Waals surface area contributed by atoms with Gasteiger partial charge < -0.3 is 4.57 Å². The normalized spacial score (nSPS) is 12.1. The van der Waals surface area contributed by atoms with Crippen LogP contribution in [0.4, 0.5) is 0 Å². The molecular formula is C35H21N3S. The van der Waals surface area contributed by atoms with Crippen LogP contribution in [-0.4, -0.2) is 14.1 Å². The molecule has 39 heavy (non-hydrogen) atoms. The summed E-state index contributed by atoms with van der Waals surface area (Å²) in [5.41, 5.74) is 6.00. The van der Waals surface area contributed by atoms with Crippen LogP contribution in [0.3, 0.4) is 0 Å². The predicted molar refractivity (Wildman–Crippen MR) is 166 cm³/mol. The van der Waals surface area contributed by atoms with Gasteiger partial charge in [-0.05, 0) is 48.5 Å². The second kappa shape index (κ2) is 7.79. The van der Waals surface area contributed by atoms with Crippen molar-refractivity contribution in [3.8, 4) is 11.5 Å². The molecule has 182 valence electrons. The summed E-state index contributed by atoms with van der Waals surface area (Å²) in [6.45, 7) is 0. The third-order valence-corrected chi connectivity index (χ3v) is 9.13. The quantitative estimate of drug-likeness (QED) is 0.225. The second-order valence-electron chi connectivity index (χ2n) is 10.0. The van der Waals surface area contributed by atoms with E-state index in [4.69, 9.17) is 4.98 Å². The minimum Gasteiger partial charge on any atom is -0.309 e. The molecule has 0 aliphatic rings. The molecule has 4 heteroatoms. The maximum Gasteiger partial charge on any atom is 0.155 e. The molecule has 0 aliphatic heterocycles. The summed E-state index contributed by atoms with van der Waals surface area (Å²) in [5.74, 6) is 0.992. The van der Waals surface area contributed by atoms with E-state index in [2.05, 4.69) is 130 Å². The van der Waals surface area contributed by atoms with Crippen LogP contribution in [0, 0.1) is 0 Å². The number of nitrogens with zero attached hydrogens (tertiary/aromatic N) is 3. The number of hydrogen-bond donors (Lipinski definition) is 0. The van der Waals surface area contributed by atoms with E-state index in [0.29, 0.717) is 0 Å². The highest BCUT2D eigenvalue weighted by Crippen LogP contribution is 2.43. The van der Waals surface area contributed by atoms with Gasteiger partial charge in [-0.3, -0.25) is 4.57 Å². The van der Waals surface area contributed by atoms with E-state index < -0.39 is 0 Å². The molecule has 0 saturated heterocycles. The number of rotatable bonds is 2. The van der Waals surface area contributed by atoms with Crippen molar-refractivity contribution < 1.29 is 0 Å². The molecule has 0 spiro atoms. The van der Waals surface area contributed by atoms with E-state index in [9.17, 15) is 0 Å². The van der Waals surface area contributed by atoms with Crippen LogP contribution in [0.1, 0.15) is 0 Å². The number of fused-ring (bicyclic) bond motifs is 9. The van der Waals surface area contributed by atoms with Gasteiger partial charge in [0.25, 0.3) is 0 Å². The van der Waals surface area contributed by atoms with Gasteiger partial charge in [-0.15, -0.1) is 11.3 Å². The first kappa shape index (κ1) is 21.1. The fraction of sp³-hybridized carbons (Fsp3) is 0. The summed E-state index contributed by atoms with van der Waals surface area (Å²) >= 11 is 1.84.